The van der Waals surface area contributed by atoms with Gasteiger partial charge in [-0.25, -0.2) is 0 Å². The Morgan fingerprint density at radius 1 is 1.29 bits per heavy atom. The average molecular weight is 243 g/mol. The van der Waals surface area contributed by atoms with Crippen molar-refractivity contribution in [3.05, 3.63) is 0 Å². The van der Waals surface area contributed by atoms with Crippen molar-refractivity contribution >= 4 is 5.91 Å². The normalized spacial score (nSPS) is 14.7. The summed E-state index contributed by atoms with van der Waals surface area (Å²) in [6.07, 6.45) is 2.97. The standard InChI is InChI=1S/C13H29N3O/c1-5-8-15-12(17)10-16(9-6-2)13(4,7-3)11-14/h5-11,14H2,1-4H3,(H,15,17). The van der Waals surface area contributed by atoms with Crippen LogP contribution in [0.1, 0.15) is 47.0 Å². The predicted molar refractivity (Wildman–Crippen MR) is 72.9 cm³/mol. The molecule has 0 aliphatic heterocycles. The van der Waals surface area contributed by atoms with Crippen LogP contribution in [0.4, 0.5) is 0 Å². The Morgan fingerprint density at radius 2 is 1.94 bits per heavy atom. The van der Waals surface area contributed by atoms with Crippen molar-refractivity contribution in [3.8, 4) is 0 Å². The average Bonchev–Trinajstić information content (AvgIpc) is 2.34. The van der Waals surface area contributed by atoms with Crippen molar-refractivity contribution in [2.75, 3.05) is 26.2 Å². The molecule has 4 heteroatoms. The van der Waals surface area contributed by atoms with Crippen LogP contribution >= 0.6 is 0 Å². The fourth-order valence-corrected chi connectivity index (χ4v) is 1.80. The van der Waals surface area contributed by atoms with Gasteiger partial charge in [0.15, 0.2) is 0 Å². The third-order valence-corrected chi connectivity index (χ3v) is 3.37. The zero-order valence-electron chi connectivity index (χ0n) is 11.9. The molecule has 0 saturated carbocycles. The van der Waals surface area contributed by atoms with E-state index in [1.807, 2.05) is 0 Å². The van der Waals surface area contributed by atoms with Crippen LogP contribution in [-0.2, 0) is 4.79 Å². The Hall–Kier alpha value is -0.610. The minimum atomic E-state index is -0.0699. The Bertz CT molecular complexity index is 215. The van der Waals surface area contributed by atoms with E-state index in [1.54, 1.807) is 0 Å². The third-order valence-electron chi connectivity index (χ3n) is 3.37. The Morgan fingerprint density at radius 3 is 2.35 bits per heavy atom. The largest absolute Gasteiger partial charge is 0.355 e. The van der Waals surface area contributed by atoms with Gasteiger partial charge in [0.05, 0.1) is 6.54 Å². The minimum Gasteiger partial charge on any atom is -0.355 e. The number of hydrogen-bond acceptors (Lipinski definition) is 3. The van der Waals surface area contributed by atoms with Gasteiger partial charge in [-0.05, 0) is 32.7 Å². The van der Waals surface area contributed by atoms with Gasteiger partial charge in [-0.3, -0.25) is 9.69 Å². The maximum atomic E-state index is 11.8. The van der Waals surface area contributed by atoms with Gasteiger partial charge >= 0.3 is 0 Å². The molecule has 0 aromatic carbocycles. The smallest absolute Gasteiger partial charge is 0.234 e. The van der Waals surface area contributed by atoms with Crippen LogP contribution in [0.3, 0.4) is 0 Å². The topological polar surface area (TPSA) is 58.4 Å². The molecule has 0 rings (SSSR count). The number of rotatable bonds is 9. The van der Waals surface area contributed by atoms with Crippen molar-refractivity contribution < 1.29 is 4.79 Å². The highest BCUT2D eigenvalue weighted by Gasteiger charge is 2.29. The molecule has 1 amide bonds. The summed E-state index contributed by atoms with van der Waals surface area (Å²) >= 11 is 0. The Labute approximate surface area is 106 Å². The summed E-state index contributed by atoms with van der Waals surface area (Å²) in [6, 6.07) is 0. The monoisotopic (exact) mass is 243 g/mol. The fourth-order valence-electron chi connectivity index (χ4n) is 1.80. The maximum Gasteiger partial charge on any atom is 0.234 e. The molecule has 0 saturated heterocycles. The van der Waals surface area contributed by atoms with E-state index in [0.717, 1.165) is 32.4 Å². The number of nitrogens with two attached hydrogens (primary N) is 1. The summed E-state index contributed by atoms with van der Waals surface area (Å²) in [5.74, 6) is 0.105. The number of nitrogens with one attached hydrogen (secondary N) is 1. The predicted octanol–water partition coefficient (Wildman–Crippen LogP) is 1.35. The van der Waals surface area contributed by atoms with E-state index in [0.29, 0.717) is 13.1 Å². The number of carbonyl (C=O) groups is 1. The van der Waals surface area contributed by atoms with E-state index in [4.69, 9.17) is 5.73 Å². The molecule has 17 heavy (non-hydrogen) atoms. The summed E-state index contributed by atoms with van der Waals surface area (Å²) in [6.45, 7) is 11.2. The van der Waals surface area contributed by atoms with E-state index in [2.05, 4.69) is 37.9 Å². The molecule has 0 heterocycles. The number of hydrogen-bond donors (Lipinski definition) is 2. The molecule has 3 N–H and O–H groups in total. The summed E-state index contributed by atoms with van der Waals surface area (Å²) in [7, 11) is 0. The second kappa shape index (κ2) is 8.48. The highest BCUT2D eigenvalue weighted by atomic mass is 16.2. The van der Waals surface area contributed by atoms with Crippen LogP contribution in [0.5, 0.6) is 0 Å². The number of nitrogens with zero attached hydrogens (tertiary/aromatic N) is 1. The second-order valence-electron chi connectivity index (χ2n) is 4.83. The molecule has 0 radical (unpaired) electrons. The first kappa shape index (κ1) is 16.4. The number of amides is 1. The van der Waals surface area contributed by atoms with Gasteiger partial charge in [0.1, 0.15) is 0 Å². The van der Waals surface area contributed by atoms with Crippen molar-refractivity contribution in [1.29, 1.82) is 0 Å². The first-order valence-electron chi connectivity index (χ1n) is 6.75. The quantitative estimate of drug-likeness (QED) is 0.643. The lowest BCUT2D eigenvalue weighted by Gasteiger charge is -2.39. The first-order chi connectivity index (χ1) is 8.03. The van der Waals surface area contributed by atoms with Gasteiger partial charge in [-0.15, -0.1) is 0 Å². The Balaban J connectivity index is 4.46. The molecule has 0 aromatic heterocycles. The van der Waals surface area contributed by atoms with Crippen LogP contribution in [0.25, 0.3) is 0 Å². The zero-order chi connectivity index (χ0) is 13.3. The highest BCUT2D eigenvalue weighted by molar-refractivity contribution is 5.78. The van der Waals surface area contributed by atoms with Crippen molar-refractivity contribution in [2.24, 2.45) is 5.73 Å². The lowest BCUT2D eigenvalue weighted by molar-refractivity contribution is -0.123. The van der Waals surface area contributed by atoms with Crippen LogP contribution in [0, 0.1) is 0 Å². The second-order valence-corrected chi connectivity index (χ2v) is 4.83. The summed E-state index contributed by atoms with van der Waals surface area (Å²) < 4.78 is 0. The zero-order valence-corrected chi connectivity index (χ0v) is 11.9. The molecule has 0 bridgehead atoms. The molecule has 0 aromatic rings. The molecular weight excluding hydrogens is 214 g/mol. The van der Waals surface area contributed by atoms with Gasteiger partial charge in [0.2, 0.25) is 5.91 Å². The molecule has 1 unspecified atom stereocenters. The Kier molecular flexibility index (Phi) is 8.17. The van der Waals surface area contributed by atoms with Crippen LogP contribution < -0.4 is 11.1 Å². The van der Waals surface area contributed by atoms with Gasteiger partial charge in [-0.1, -0.05) is 20.8 Å². The molecule has 102 valence electrons. The molecule has 4 nitrogen and oxygen atoms in total. The van der Waals surface area contributed by atoms with Gasteiger partial charge in [-0.2, -0.15) is 0 Å². The van der Waals surface area contributed by atoms with Gasteiger partial charge in [0, 0.05) is 18.6 Å². The summed E-state index contributed by atoms with van der Waals surface area (Å²) in [5, 5.41) is 2.92. The maximum absolute atomic E-state index is 11.8. The lowest BCUT2D eigenvalue weighted by atomic mass is 9.96. The minimum absolute atomic E-state index is 0.0699. The third kappa shape index (κ3) is 5.50. The van der Waals surface area contributed by atoms with E-state index in [1.165, 1.54) is 0 Å². The molecule has 0 aliphatic carbocycles. The van der Waals surface area contributed by atoms with Crippen LogP contribution in [0.15, 0.2) is 0 Å². The van der Waals surface area contributed by atoms with Crippen molar-refractivity contribution in [1.82, 2.24) is 10.2 Å². The SMILES string of the molecule is CCCNC(=O)CN(CCC)C(C)(CC)CN. The van der Waals surface area contributed by atoms with E-state index >= 15 is 0 Å². The van der Waals surface area contributed by atoms with E-state index in [-0.39, 0.29) is 11.4 Å². The van der Waals surface area contributed by atoms with E-state index < -0.39 is 0 Å². The van der Waals surface area contributed by atoms with Crippen molar-refractivity contribution in [2.45, 2.75) is 52.5 Å². The van der Waals surface area contributed by atoms with Crippen molar-refractivity contribution in [3.63, 3.8) is 0 Å². The highest BCUT2D eigenvalue weighted by Crippen LogP contribution is 2.17. The molecule has 1 atom stereocenters. The fraction of sp³-hybridized carbons (Fsp3) is 0.923. The number of carbonyl (C=O) groups excluding carboxylic acids is 1. The molecule has 0 spiro atoms. The lowest BCUT2D eigenvalue weighted by Crippen LogP contribution is -2.54. The van der Waals surface area contributed by atoms with E-state index in [9.17, 15) is 4.79 Å². The van der Waals surface area contributed by atoms with Crippen LogP contribution in [0.2, 0.25) is 0 Å². The molecular formula is C13H29N3O. The summed E-state index contributed by atoms with van der Waals surface area (Å²) in [4.78, 5) is 14.0. The van der Waals surface area contributed by atoms with Gasteiger partial charge in [0.25, 0.3) is 0 Å². The molecule has 0 fully saturated rings. The van der Waals surface area contributed by atoms with Gasteiger partial charge < -0.3 is 11.1 Å². The first-order valence-corrected chi connectivity index (χ1v) is 6.75. The summed E-state index contributed by atoms with van der Waals surface area (Å²) in [5.41, 5.74) is 5.78. The molecule has 0 aliphatic rings. The van der Waals surface area contributed by atoms with Crippen LogP contribution in [-0.4, -0.2) is 42.5 Å².